The van der Waals surface area contributed by atoms with Crippen molar-refractivity contribution in [3.05, 3.63) is 47.0 Å². The number of para-hydroxylation sites is 1. The highest BCUT2D eigenvalue weighted by Crippen LogP contribution is 2.27. The molecule has 0 aliphatic carbocycles. The topological polar surface area (TPSA) is 74.0 Å². The second-order valence-corrected chi connectivity index (χ2v) is 6.43. The first-order valence-electron chi connectivity index (χ1n) is 6.29. The summed E-state index contributed by atoms with van der Waals surface area (Å²) >= 11 is 5.81. The molecule has 8 heteroatoms. The Kier molecular flexibility index (Phi) is 4.87. The molecule has 3 N–H and O–H groups in total. The number of rotatable bonds is 6. The summed E-state index contributed by atoms with van der Waals surface area (Å²) in [6.07, 6.45) is 1.35. The highest BCUT2D eigenvalue weighted by Gasteiger charge is 2.19. The lowest BCUT2D eigenvalue weighted by Gasteiger charge is -2.09. The number of hydrogen-bond acceptors (Lipinski definition) is 3. The molecule has 1 aromatic carbocycles. The monoisotopic (exact) mass is 331 g/mol. The van der Waals surface area contributed by atoms with Crippen molar-refractivity contribution in [2.75, 3.05) is 11.3 Å². The van der Waals surface area contributed by atoms with Crippen LogP contribution in [0.4, 0.5) is 10.1 Å². The lowest BCUT2D eigenvalue weighted by atomic mass is 10.3. The highest BCUT2D eigenvalue weighted by molar-refractivity contribution is 7.92. The molecule has 0 spiro atoms. The summed E-state index contributed by atoms with van der Waals surface area (Å²) in [5.74, 6) is -0.727. The third-order valence-corrected chi connectivity index (χ3v) is 4.44. The van der Waals surface area contributed by atoms with Crippen molar-refractivity contribution in [2.24, 2.45) is 0 Å². The average molecular weight is 332 g/mol. The summed E-state index contributed by atoms with van der Waals surface area (Å²) in [5, 5.41) is 3.07. The van der Waals surface area contributed by atoms with Gasteiger partial charge in [-0.25, -0.2) is 12.8 Å². The van der Waals surface area contributed by atoms with Crippen LogP contribution in [0.25, 0.3) is 0 Å². The van der Waals surface area contributed by atoms with E-state index in [2.05, 4.69) is 15.0 Å². The van der Waals surface area contributed by atoms with Crippen LogP contribution >= 0.6 is 11.6 Å². The van der Waals surface area contributed by atoms with Crippen molar-refractivity contribution in [2.45, 2.75) is 18.4 Å². The lowest BCUT2D eigenvalue weighted by Crippen LogP contribution is -2.14. The molecule has 5 nitrogen and oxygen atoms in total. The van der Waals surface area contributed by atoms with Crippen molar-refractivity contribution in [1.29, 1.82) is 0 Å². The number of hydrogen-bond donors (Lipinski definition) is 3. The van der Waals surface area contributed by atoms with Crippen molar-refractivity contribution in [3.8, 4) is 0 Å². The third kappa shape index (κ3) is 3.75. The fraction of sp³-hybridized carbons (Fsp3) is 0.231. The Labute approximate surface area is 127 Å². The summed E-state index contributed by atoms with van der Waals surface area (Å²) in [7, 11) is -3.90. The van der Waals surface area contributed by atoms with Gasteiger partial charge in [-0.2, -0.15) is 0 Å². The van der Waals surface area contributed by atoms with Gasteiger partial charge in [-0.1, -0.05) is 24.6 Å². The Morgan fingerprint density at radius 2 is 2.14 bits per heavy atom. The third-order valence-electron chi connectivity index (χ3n) is 2.79. The quantitative estimate of drug-likeness (QED) is 0.762. The maximum absolute atomic E-state index is 13.6. The van der Waals surface area contributed by atoms with Gasteiger partial charge in [0, 0.05) is 18.4 Å². The van der Waals surface area contributed by atoms with Gasteiger partial charge in [0.15, 0.2) is 0 Å². The Morgan fingerprint density at radius 3 is 2.81 bits per heavy atom. The Bertz CT molecular complexity index is 711. The van der Waals surface area contributed by atoms with E-state index in [0.717, 1.165) is 18.3 Å². The molecule has 1 aromatic heterocycles. The zero-order valence-electron chi connectivity index (χ0n) is 11.3. The van der Waals surface area contributed by atoms with Gasteiger partial charge in [0.25, 0.3) is 10.0 Å². The number of anilines is 1. The predicted octanol–water partition coefficient (Wildman–Crippen LogP) is 2.72. The van der Waals surface area contributed by atoms with E-state index in [9.17, 15) is 12.8 Å². The van der Waals surface area contributed by atoms with Crippen LogP contribution in [0.5, 0.6) is 0 Å². The molecule has 0 saturated heterocycles. The maximum Gasteiger partial charge on any atom is 0.263 e. The Balaban J connectivity index is 2.24. The van der Waals surface area contributed by atoms with Crippen molar-refractivity contribution in [3.63, 3.8) is 0 Å². The minimum absolute atomic E-state index is 0.00184. The van der Waals surface area contributed by atoms with Crippen LogP contribution in [0.1, 0.15) is 12.6 Å². The smallest absolute Gasteiger partial charge is 0.263 e. The molecule has 1 heterocycles. The Morgan fingerprint density at radius 1 is 1.38 bits per heavy atom. The van der Waals surface area contributed by atoms with Crippen LogP contribution in [0.3, 0.4) is 0 Å². The van der Waals surface area contributed by atoms with Crippen LogP contribution in [-0.4, -0.2) is 19.9 Å². The standard InChI is InChI=1S/C13H15ClFN3O2S/c1-2-16-7-9-6-10(8-17-9)21(19,20)18-13-11(14)4-3-5-12(13)15/h3-6,8,16-18H,2,7H2,1H3. The molecule has 0 bridgehead atoms. The molecule has 0 unspecified atom stereocenters. The summed E-state index contributed by atoms with van der Waals surface area (Å²) < 4.78 is 40.2. The molecule has 114 valence electrons. The number of sulfonamides is 1. The van der Waals surface area contributed by atoms with Crippen molar-refractivity contribution < 1.29 is 12.8 Å². The SMILES string of the molecule is CCNCc1cc(S(=O)(=O)Nc2c(F)cccc2Cl)c[nH]1. The molecule has 0 atom stereocenters. The van der Waals surface area contributed by atoms with Gasteiger partial charge >= 0.3 is 0 Å². The number of aromatic nitrogens is 1. The maximum atomic E-state index is 13.6. The minimum atomic E-state index is -3.90. The lowest BCUT2D eigenvalue weighted by molar-refractivity contribution is 0.598. The first-order chi connectivity index (χ1) is 9.94. The average Bonchev–Trinajstić information content (AvgIpc) is 2.90. The zero-order valence-corrected chi connectivity index (χ0v) is 12.9. The van der Waals surface area contributed by atoms with E-state index in [1.165, 1.54) is 24.4 Å². The van der Waals surface area contributed by atoms with Crippen LogP contribution in [0.15, 0.2) is 35.4 Å². The van der Waals surface area contributed by atoms with E-state index in [-0.39, 0.29) is 15.6 Å². The minimum Gasteiger partial charge on any atom is -0.363 e. The second kappa shape index (κ2) is 6.46. The fourth-order valence-electron chi connectivity index (χ4n) is 1.72. The fourth-order valence-corrected chi connectivity index (χ4v) is 3.10. The number of H-pyrrole nitrogens is 1. The van der Waals surface area contributed by atoms with E-state index in [4.69, 9.17) is 11.6 Å². The van der Waals surface area contributed by atoms with Crippen LogP contribution < -0.4 is 10.0 Å². The first kappa shape index (κ1) is 15.8. The van der Waals surface area contributed by atoms with Crippen molar-refractivity contribution in [1.82, 2.24) is 10.3 Å². The normalized spacial score (nSPS) is 11.6. The number of aromatic amines is 1. The summed E-state index contributed by atoms with van der Waals surface area (Å²) in [6.45, 7) is 3.24. The molecule has 0 aliphatic rings. The molecule has 21 heavy (non-hydrogen) atoms. The summed E-state index contributed by atoms with van der Waals surface area (Å²) in [5.41, 5.74) is 0.463. The van der Waals surface area contributed by atoms with Gasteiger partial charge < -0.3 is 10.3 Å². The van der Waals surface area contributed by atoms with E-state index in [0.29, 0.717) is 6.54 Å². The zero-order chi connectivity index (χ0) is 15.5. The molecule has 2 aromatic rings. The van der Waals surface area contributed by atoms with Gasteiger partial charge in [0.05, 0.1) is 5.02 Å². The number of benzene rings is 1. The molecule has 0 saturated carbocycles. The van der Waals surface area contributed by atoms with E-state index >= 15 is 0 Å². The predicted molar refractivity (Wildman–Crippen MR) is 80.4 cm³/mol. The molecule has 0 radical (unpaired) electrons. The van der Waals surface area contributed by atoms with E-state index < -0.39 is 15.8 Å². The van der Waals surface area contributed by atoms with Crippen LogP contribution in [-0.2, 0) is 16.6 Å². The van der Waals surface area contributed by atoms with E-state index in [1.54, 1.807) is 0 Å². The Hall–Kier alpha value is -1.57. The molecule has 0 fully saturated rings. The second-order valence-electron chi connectivity index (χ2n) is 4.34. The van der Waals surface area contributed by atoms with Crippen LogP contribution in [0.2, 0.25) is 5.02 Å². The highest BCUT2D eigenvalue weighted by atomic mass is 35.5. The van der Waals surface area contributed by atoms with Gasteiger partial charge in [0.2, 0.25) is 0 Å². The largest absolute Gasteiger partial charge is 0.363 e. The van der Waals surface area contributed by atoms with Gasteiger partial charge in [0.1, 0.15) is 16.4 Å². The first-order valence-corrected chi connectivity index (χ1v) is 8.15. The van der Waals surface area contributed by atoms with Crippen LogP contribution in [0, 0.1) is 5.82 Å². The summed E-state index contributed by atoms with van der Waals surface area (Å²) in [6, 6.07) is 5.44. The molecule has 0 aliphatic heterocycles. The number of nitrogens with one attached hydrogen (secondary N) is 3. The molecular formula is C13H15ClFN3O2S. The van der Waals surface area contributed by atoms with Gasteiger partial charge in [-0.3, -0.25) is 4.72 Å². The van der Waals surface area contributed by atoms with E-state index in [1.807, 2.05) is 6.92 Å². The molecule has 2 rings (SSSR count). The van der Waals surface area contributed by atoms with Gasteiger partial charge in [-0.15, -0.1) is 0 Å². The van der Waals surface area contributed by atoms with Crippen molar-refractivity contribution >= 4 is 27.3 Å². The molecular weight excluding hydrogens is 317 g/mol. The molecule has 0 amide bonds. The number of halogens is 2. The van der Waals surface area contributed by atoms with Gasteiger partial charge in [-0.05, 0) is 24.7 Å². The summed E-state index contributed by atoms with van der Waals surface area (Å²) in [4.78, 5) is 2.88.